The Labute approximate surface area is 123 Å². The largest absolute Gasteiger partial charge is 0.435 e. The van der Waals surface area contributed by atoms with E-state index in [0.29, 0.717) is 12.5 Å². The van der Waals surface area contributed by atoms with E-state index in [4.69, 9.17) is 5.73 Å². The molecule has 1 aromatic rings. The Kier molecular flexibility index (Phi) is 7.08. The number of alkyl halides is 2. The quantitative estimate of drug-likeness (QED) is 0.774. The maximum Gasteiger partial charge on any atom is 0.387 e. The molecule has 0 aliphatic heterocycles. The summed E-state index contributed by atoms with van der Waals surface area (Å²) in [6, 6.07) is 5.99. The molecule has 0 aliphatic rings. The van der Waals surface area contributed by atoms with E-state index in [1.54, 1.807) is 12.1 Å². The van der Waals surface area contributed by atoms with Crippen molar-refractivity contribution in [2.75, 3.05) is 6.54 Å². The number of nitrogens with two attached hydrogens (primary N) is 1. The standard InChI is InChI=1S/C15H22F2N2O2/c1-10(2)7-12(9-18)19-14(20)8-11-3-5-13(6-4-11)21-15(16)17/h3-6,10,12,15H,7-9,18H2,1-2H3,(H,19,20). The molecule has 0 saturated carbocycles. The molecule has 3 N–H and O–H groups in total. The van der Waals surface area contributed by atoms with E-state index in [1.165, 1.54) is 12.1 Å². The molecule has 0 bridgehead atoms. The van der Waals surface area contributed by atoms with Gasteiger partial charge in [-0.05, 0) is 30.0 Å². The smallest absolute Gasteiger partial charge is 0.387 e. The first-order valence-corrected chi connectivity index (χ1v) is 6.94. The van der Waals surface area contributed by atoms with Gasteiger partial charge in [0.15, 0.2) is 0 Å². The van der Waals surface area contributed by atoms with E-state index < -0.39 is 6.61 Å². The maximum atomic E-state index is 12.0. The van der Waals surface area contributed by atoms with Crippen LogP contribution in [0.15, 0.2) is 24.3 Å². The predicted octanol–water partition coefficient (Wildman–Crippen LogP) is 2.32. The molecule has 4 nitrogen and oxygen atoms in total. The van der Waals surface area contributed by atoms with Crippen molar-refractivity contribution in [2.24, 2.45) is 11.7 Å². The lowest BCUT2D eigenvalue weighted by Gasteiger charge is -2.18. The van der Waals surface area contributed by atoms with Crippen LogP contribution in [0.5, 0.6) is 5.75 Å². The normalized spacial score (nSPS) is 12.5. The number of rotatable bonds is 8. The van der Waals surface area contributed by atoms with E-state index in [0.717, 1.165) is 12.0 Å². The first-order valence-electron chi connectivity index (χ1n) is 6.94. The van der Waals surface area contributed by atoms with Crippen molar-refractivity contribution in [3.63, 3.8) is 0 Å². The third-order valence-corrected chi connectivity index (χ3v) is 2.92. The Hall–Kier alpha value is -1.69. The topological polar surface area (TPSA) is 64.3 Å². The van der Waals surface area contributed by atoms with Gasteiger partial charge >= 0.3 is 6.61 Å². The van der Waals surface area contributed by atoms with Crippen LogP contribution >= 0.6 is 0 Å². The molecule has 0 radical (unpaired) electrons. The fourth-order valence-corrected chi connectivity index (χ4v) is 2.04. The highest BCUT2D eigenvalue weighted by atomic mass is 19.3. The number of amides is 1. The lowest BCUT2D eigenvalue weighted by molar-refractivity contribution is -0.121. The summed E-state index contributed by atoms with van der Waals surface area (Å²) in [5.74, 6) is 0.395. The van der Waals surface area contributed by atoms with Gasteiger partial charge in [-0.3, -0.25) is 4.79 Å². The van der Waals surface area contributed by atoms with Gasteiger partial charge in [0.1, 0.15) is 5.75 Å². The summed E-state index contributed by atoms with van der Waals surface area (Å²) in [6.07, 6.45) is 1.01. The molecule has 118 valence electrons. The summed E-state index contributed by atoms with van der Waals surface area (Å²) in [4.78, 5) is 11.9. The van der Waals surface area contributed by atoms with Gasteiger partial charge in [0.25, 0.3) is 0 Å². The Morgan fingerprint density at radius 1 is 1.29 bits per heavy atom. The molecular formula is C15H22F2N2O2. The number of hydrogen-bond donors (Lipinski definition) is 2. The van der Waals surface area contributed by atoms with Crippen molar-refractivity contribution < 1.29 is 18.3 Å². The molecule has 0 aliphatic carbocycles. The monoisotopic (exact) mass is 300 g/mol. The Balaban J connectivity index is 2.50. The second-order valence-electron chi connectivity index (χ2n) is 5.33. The van der Waals surface area contributed by atoms with Gasteiger partial charge in [0.2, 0.25) is 5.91 Å². The average Bonchev–Trinajstić information content (AvgIpc) is 2.39. The minimum absolute atomic E-state index is 0.0426. The molecule has 0 spiro atoms. The van der Waals surface area contributed by atoms with E-state index in [-0.39, 0.29) is 24.1 Å². The predicted molar refractivity (Wildman–Crippen MR) is 77.2 cm³/mol. The summed E-state index contributed by atoms with van der Waals surface area (Å²) in [5, 5.41) is 2.88. The minimum atomic E-state index is -2.85. The molecule has 0 aromatic heterocycles. The number of benzene rings is 1. The van der Waals surface area contributed by atoms with E-state index in [1.807, 2.05) is 0 Å². The molecule has 0 saturated heterocycles. The minimum Gasteiger partial charge on any atom is -0.435 e. The van der Waals surface area contributed by atoms with Crippen molar-refractivity contribution in [1.29, 1.82) is 0 Å². The van der Waals surface area contributed by atoms with Crippen LogP contribution in [0.4, 0.5) is 8.78 Å². The molecule has 1 unspecified atom stereocenters. The third kappa shape index (κ3) is 7.04. The molecule has 1 aromatic carbocycles. The lowest BCUT2D eigenvalue weighted by atomic mass is 10.0. The lowest BCUT2D eigenvalue weighted by Crippen LogP contribution is -2.41. The van der Waals surface area contributed by atoms with E-state index in [2.05, 4.69) is 23.9 Å². The second kappa shape index (κ2) is 8.56. The number of hydrogen-bond acceptors (Lipinski definition) is 3. The van der Waals surface area contributed by atoms with Crippen LogP contribution < -0.4 is 15.8 Å². The molecule has 1 amide bonds. The van der Waals surface area contributed by atoms with Gasteiger partial charge in [-0.1, -0.05) is 26.0 Å². The summed E-state index contributed by atoms with van der Waals surface area (Å²) < 4.78 is 28.3. The van der Waals surface area contributed by atoms with Gasteiger partial charge in [-0.15, -0.1) is 0 Å². The van der Waals surface area contributed by atoms with E-state index >= 15 is 0 Å². The number of carbonyl (C=O) groups is 1. The molecule has 0 fully saturated rings. The number of ether oxygens (including phenoxy) is 1. The van der Waals surface area contributed by atoms with Crippen LogP contribution in [0.2, 0.25) is 0 Å². The summed E-state index contributed by atoms with van der Waals surface area (Å²) in [7, 11) is 0. The Morgan fingerprint density at radius 2 is 1.90 bits per heavy atom. The molecule has 0 heterocycles. The number of nitrogens with one attached hydrogen (secondary N) is 1. The molecular weight excluding hydrogens is 278 g/mol. The van der Waals surface area contributed by atoms with Crippen LogP contribution in [0.25, 0.3) is 0 Å². The van der Waals surface area contributed by atoms with Gasteiger partial charge in [-0.2, -0.15) is 8.78 Å². The van der Waals surface area contributed by atoms with Crippen LogP contribution in [0.1, 0.15) is 25.8 Å². The highest BCUT2D eigenvalue weighted by Crippen LogP contribution is 2.15. The van der Waals surface area contributed by atoms with Crippen molar-refractivity contribution in [1.82, 2.24) is 5.32 Å². The van der Waals surface area contributed by atoms with Crippen molar-refractivity contribution >= 4 is 5.91 Å². The molecule has 1 rings (SSSR count). The molecule has 6 heteroatoms. The van der Waals surface area contributed by atoms with Gasteiger partial charge in [0, 0.05) is 12.6 Å². The third-order valence-electron chi connectivity index (χ3n) is 2.92. The van der Waals surface area contributed by atoms with Gasteiger partial charge in [0.05, 0.1) is 6.42 Å². The maximum absolute atomic E-state index is 12.0. The number of carbonyl (C=O) groups excluding carboxylic acids is 1. The zero-order valence-electron chi connectivity index (χ0n) is 12.3. The summed E-state index contributed by atoms with van der Waals surface area (Å²) in [6.45, 7) is 1.68. The SMILES string of the molecule is CC(C)CC(CN)NC(=O)Cc1ccc(OC(F)F)cc1. The van der Waals surface area contributed by atoms with Gasteiger partial charge < -0.3 is 15.8 Å². The number of halogens is 2. The van der Waals surface area contributed by atoms with Crippen LogP contribution in [0.3, 0.4) is 0 Å². The zero-order valence-corrected chi connectivity index (χ0v) is 12.3. The fraction of sp³-hybridized carbons (Fsp3) is 0.533. The summed E-state index contributed by atoms with van der Waals surface area (Å²) >= 11 is 0. The Morgan fingerprint density at radius 3 is 2.38 bits per heavy atom. The highest BCUT2D eigenvalue weighted by molar-refractivity contribution is 5.78. The first-order chi connectivity index (χ1) is 9.90. The zero-order chi connectivity index (χ0) is 15.8. The molecule has 21 heavy (non-hydrogen) atoms. The summed E-state index contributed by atoms with van der Waals surface area (Å²) in [5.41, 5.74) is 6.36. The van der Waals surface area contributed by atoms with Crippen LogP contribution in [-0.4, -0.2) is 25.1 Å². The highest BCUT2D eigenvalue weighted by Gasteiger charge is 2.13. The van der Waals surface area contributed by atoms with Gasteiger partial charge in [-0.25, -0.2) is 0 Å². The van der Waals surface area contributed by atoms with Crippen molar-refractivity contribution in [3.05, 3.63) is 29.8 Å². The van der Waals surface area contributed by atoms with E-state index in [9.17, 15) is 13.6 Å². The van der Waals surface area contributed by atoms with Crippen molar-refractivity contribution in [3.8, 4) is 5.75 Å². The first kappa shape index (κ1) is 17.4. The van der Waals surface area contributed by atoms with Crippen LogP contribution in [-0.2, 0) is 11.2 Å². The van der Waals surface area contributed by atoms with Crippen molar-refractivity contribution in [2.45, 2.75) is 39.3 Å². The fourth-order valence-electron chi connectivity index (χ4n) is 2.04. The Bertz CT molecular complexity index is 436. The molecule has 1 atom stereocenters. The van der Waals surface area contributed by atoms with Crippen LogP contribution in [0, 0.1) is 5.92 Å². The second-order valence-corrected chi connectivity index (χ2v) is 5.33. The average molecular weight is 300 g/mol.